The number of nitrogens with one attached hydrogen (secondary N) is 1. The summed E-state index contributed by atoms with van der Waals surface area (Å²) in [4.78, 5) is 0. The molecule has 1 aromatic heterocycles. The second-order valence-electron chi connectivity index (χ2n) is 4.83. The van der Waals surface area contributed by atoms with Gasteiger partial charge in [0.05, 0.1) is 5.69 Å². The lowest BCUT2D eigenvalue weighted by atomic mass is 9.79. The van der Waals surface area contributed by atoms with Crippen molar-refractivity contribution in [2.45, 2.75) is 64.7 Å². The molecule has 2 nitrogen and oxygen atoms in total. The van der Waals surface area contributed by atoms with E-state index >= 15 is 0 Å². The Labute approximate surface area is 97.6 Å². The largest absolute Gasteiger partial charge is 0.253 e. The van der Waals surface area contributed by atoms with Crippen LogP contribution in [0, 0.1) is 5.95 Å². The zero-order valence-corrected chi connectivity index (χ0v) is 10.6. The molecule has 0 bridgehead atoms. The minimum absolute atomic E-state index is 0.0224. The van der Waals surface area contributed by atoms with Crippen LogP contribution < -0.4 is 0 Å². The van der Waals surface area contributed by atoms with E-state index < -0.39 is 0 Å². The van der Waals surface area contributed by atoms with Crippen LogP contribution in [0.1, 0.15) is 65.0 Å². The van der Waals surface area contributed by atoms with Crippen molar-refractivity contribution in [3.05, 3.63) is 17.7 Å². The predicted octanol–water partition coefficient (Wildman–Crippen LogP) is 4.19. The lowest BCUT2D eigenvalue weighted by Crippen LogP contribution is -2.21. The molecule has 1 unspecified atom stereocenters. The van der Waals surface area contributed by atoms with Crippen molar-refractivity contribution < 1.29 is 4.39 Å². The Morgan fingerprint density at radius 1 is 1.31 bits per heavy atom. The Balaban J connectivity index is 2.56. The molecule has 1 rings (SSSR count). The topological polar surface area (TPSA) is 28.7 Å². The standard InChI is InChI=1S/C13H23FN2/c1-4-6-7-8-9-13(3,5-2)11-10-12(14)16-15-11/h10H,4-9H2,1-3H3,(H,15,16). The monoisotopic (exact) mass is 226 g/mol. The molecule has 92 valence electrons. The molecular formula is C13H23FN2. The van der Waals surface area contributed by atoms with Crippen molar-refractivity contribution >= 4 is 0 Å². The molecule has 0 aliphatic rings. The third-order valence-corrected chi connectivity index (χ3v) is 3.53. The molecule has 0 saturated heterocycles. The fraction of sp³-hybridized carbons (Fsp3) is 0.769. The quantitative estimate of drug-likeness (QED) is 0.694. The molecule has 16 heavy (non-hydrogen) atoms. The maximum absolute atomic E-state index is 12.9. The van der Waals surface area contributed by atoms with Gasteiger partial charge in [-0.05, 0) is 12.8 Å². The number of nitrogens with zero attached hydrogens (tertiary/aromatic N) is 1. The molecule has 1 aromatic rings. The number of halogens is 1. The van der Waals surface area contributed by atoms with E-state index in [1.165, 1.54) is 31.7 Å². The molecule has 0 fully saturated rings. The Hall–Kier alpha value is -0.860. The fourth-order valence-corrected chi connectivity index (χ4v) is 2.04. The van der Waals surface area contributed by atoms with Crippen LogP contribution in [0.25, 0.3) is 0 Å². The highest BCUT2D eigenvalue weighted by molar-refractivity contribution is 5.13. The van der Waals surface area contributed by atoms with Crippen molar-refractivity contribution in [2.24, 2.45) is 0 Å². The Morgan fingerprint density at radius 3 is 2.56 bits per heavy atom. The minimum Gasteiger partial charge on any atom is -0.253 e. The van der Waals surface area contributed by atoms with E-state index in [9.17, 15) is 4.39 Å². The van der Waals surface area contributed by atoms with Gasteiger partial charge in [-0.2, -0.15) is 9.49 Å². The van der Waals surface area contributed by atoms with E-state index in [-0.39, 0.29) is 11.4 Å². The molecule has 0 aromatic carbocycles. The third kappa shape index (κ3) is 3.32. The smallest absolute Gasteiger partial charge is 0.209 e. The first kappa shape index (κ1) is 13.2. The van der Waals surface area contributed by atoms with E-state index in [4.69, 9.17) is 0 Å². The Kier molecular flexibility index (Phi) is 4.97. The number of hydrogen-bond acceptors (Lipinski definition) is 1. The summed E-state index contributed by atoms with van der Waals surface area (Å²) in [5.74, 6) is -0.330. The zero-order valence-electron chi connectivity index (χ0n) is 10.6. The zero-order chi connectivity index (χ0) is 12.0. The summed E-state index contributed by atoms with van der Waals surface area (Å²) < 4.78 is 12.9. The summed E-state index contributed by atoms with van der Waals surface area (Å²) >= 11 is 0. The van der Waals surface area contributed by atoms with Gasteiger partial charge >= 0.3 is 0 Å². The predicted molar refractivity (Wildman–Crippen MR) is 64.9 cm³/mol. The van der Waals surface area contributed by atoms with Gasteiger partial charge in [0, 0.05) is 11.5 Å². The van der Waals surface area contributed by atoms with Gasteiger partial charge < -0.3 is 0 Å². The molecule has 0 saturated carbocycles. The van der Waals surface area contributed by atoms with Crippen LogP contribution in [0.15, 0.2) is 6.07 Å². The number of aromatic amines is 1. The van der Waals surface area contributed by atoms with Crippen LogP contribution in [0.2, 0.25) is 0 Å². The highest BCUT2D eigenvalue weighted by atomic mass is 19.1. The van der Waals surface area contributed by atoms with Crippen LogP contribution in [-0.2, 0) is 5.41 Å². The lowest BCUT2D eigenvalue weighted by Gasteiger charge is -2.25. The average Bonchev–Trinajstić information content (AvgIpc) is 2.71. The Morgan fingerprint density at radius 2 is 2.06 bits per heavy atom. The Bertz CT molecular complexity index is 309. The lowest BCUT2D eigenvalue weighted by molar-refractivity contribution is 0.385. The minimum atomic E-state index is -0.330. The molecule has 3 heteroatoms. The summed E-state index contributed by atoms with van der Waals surface area (Å²) in [6.45, 7) is 6.53. The van der Waals surface area contributed by atoms with Crippen molar-refractivity contribution in [3.8, 4) is 0 Å². The first-order valence-electron chi connectivity index (χ1n) is 6.33. The number of hydrogen-bond donors (Lipinski definition) is 1. The van der Waals surface area contributed by atoms with E-state index in [1.54, 1.807) is 0 Å². The number of unbranched alkanes of at least 4 members (excludes halogenated alkanes) is 3. The molecule has 0 aliphatic carbocycles. The highest BCUT2D eigenvalue weighted by Gasteiger charge is 2.26. The number of aromatic nitrogens is 2. The number of rotatable bonds is 7. The van der Waals surface area contributed by atoms with Gasteiger partial charge in [0.1, 0.15) is 0 Å². The van der Waals surface area contributed by atoms with Crippen molar-refractivity contribution in [1.82, 2.24) is 10.2 Å². The SMILES string of the molecule is CCCCCCC(C)(CC)c1cc(F)[nH]n1. The molecule has 1 atom stereocenters. The molecule has 0 spiro atoms. The first-order chi connectivity index (χ1) is 7.62. The van der Waals surface area contributed by atoms with Crippen molar-refractivity contribution in [2.75, 3.05) is 0 Å². The van der Waals surface area contributed by atoms with Gasteiger partial charge in [0.15, 0.2) is 0 Å². The summed E-state index contributed by atoms with van der Waals surface area (Å²) in [6, 6.07) is 1.53. The summed E-state index contributed by atoms with van der Waals surface area (Å²) in [5.41, 5.74) is 0.887. The van der Waals surface area contributed by atoms with E-state index in [2.05, 4.69) is 31.0 Å². The van der Waals surface area contributed by atoms with Gasteiger partial charge in [-0.15, -0.1) is 0 Å². The molecule has 1 N–H and O–H groups in total. The van der Waals surface area contributed by atoms with Crippen LogP contribution >= 0.6 is 0 Å². The fourth-order valence-electron chi connectivity index (χ4n) is 2.04. The van der Waals surface area contributed by atoms with Gasteiger partial charge in [-0.25, -0.2) is 0 Å². The summed E-state index contributed by atoms with van der Waals surface area (Å²) in [6.07, 6.45) is 7.09. The van der Waals surface area contributed by atoms with Gasteiger partial charge in [0.2, 0.25) is 5.95 Å². The van der Waals surface area contributed by atoms with Crippen LogP contribution in [0.3, 0.4) is 0 Å². The summed E-state index contributed by atoms with van der Waals surface area (Å²) in [7, 11) is 0. The molecule has 1 heterocycles. The van der Waals surface area contributed by atoms with Gasteiger partial charge in [-0.1, -0.05) is 46.5 Å². The average molecular weight is 226 g/mol. The van der Waals surface area contributed by atoms with E-state index in [0.29, 0.717) is 0 Å². The number of H-pyrrole nitrogens is 1. The second-order valence-corrected chi connectivity index (χ2v) is 4.83. The van der Waals surface area contributed by atoms with Crippen molar-refractivity contribution in [3.63, 3.8) is 0 Å². The van der Waals surface area contributed by atoms with Crippen LogP contribution in [-0.4, -0.2) is 10.2 Å². The molecule has 0 amide bonds. The third-order valence-electron chi connectivity index (χ3n) is 3.53. The maximum Gasteiger partial charge on any atom is 0.209 e. The normalized spacial score (nSPS) is 15.0. The van der Waals surface area contributed by atoms with Gasteiger partial charge in [-0.3, -0.25) is 5.10 Å². The van der Waals surface area contributed by atoms with Gasteiger partial charge in [0.25, 0.3) is 0 Å². The molecule has 0 radical (unpaired) electrons. The molecular weight excluding hydrogens is 203 g/mol. The maximum atomic E-state index is 12.9. The van der Waals surface area contributed by atoms with Crippen LogP contribution in [0.4, 0.5) is 4.39 Å². The van der Waals surface area contributed by atoms with Crippen LogP contribution in [0.5, 0.6) is 0 Å². The molecule has 0 aliphatic heterocycles. The van der Waals surface area contributed by atoms with E-state index in [1.807, 2.05) is 0 Å². The second kappa shape index (κ2) is 6.02. The van der Waals surface area contributed by atoms with Crippen molar-refractivity contribution in [1.29, 1.82) is 0 Å². The first-order valence-corrected chi connectivity index (χ1v) is 6.33. The highest BCUT2D eigenvalue weighted by Crippen LogP contribution is 2.32. The summed E-state index contributed by atoms with van der Waals surface area (Å²) in [5, 5.41) is 6.45. The van der Waals surface area contributed by atoms with E-state index in [0.717, 1.165) is 18.5 Å².